The quantitative estimate of drug-likeness (QED) is 0.848. The minimum Gasteiger partial charge on any atom is -0.478 e. The first-order valence-corrected chi connectivity index (χ1v) is 6.40. The Balaban J connectivity index is 2.17. The first kappa shape index (κ1) is 14.5. The molecular formula is C14H18N2O4. The van der Waals surface area contributed by atoms with Gasteiger partial charge in [0.2, 0.25) is 5.91 Å². The molecule has 1 amide bonds. The first-order chi connectivity index (χ1) is 9.54. The van der Waals surface area contributed by atoms with Crippen LogP contribution in [0.1, 0.15) is 16.8 Å². The van der Waals surface area contributed by atoms with Crippen LogP contribution in [0.25, 0.3) is 0 Å². The molecule has 1 heterocycles. The molecular weight excluding hydrogens is 260 g/mol. The second-order valence-corrected chi connectivity index (χ2v) is 4.77. The smallest absolute Gasteiger partial charge is 0.337 e. The van der Waals surface area contributed by atoms with Crippen LogP contribution in [0.2, 0.25) is 0 Å². The number of carbonyl (C=O) groups excluding carboxylic acids is 1. The van der Waals surface area contributed by atoms with Gasteiger partial charge in [-0.25, -0.2) is 4.79 Å². The Labute approximate surface area is 117 Å². The maximum atomic E-state index is 12.4. The van der Waals surface area contributed by atoms with Gasteiger partial charge in [-0.2, -0.15) is 0 Å². The molecule has 6 nitrogen and oxygen atoms in total. The first-order valence-electron chi connectivity index (χ1n) is 6.40. The number of methoxy groups -OCH3 is 1. The molecule has 0 aliphatic carbocycles. The summed E-state index contributed by atoms with van der Waals surface area (Å²) in [5.74, 6) is -1.20. The van der Waals surface area contributed by atoms with Crippen LogP contribution in [0.3, 0.4) is 0 Å². The molecule has 0 aromatic heterocycles. The van der Waals surface area contributed by atoms with Crippen LogP contribution in [-0.2, 0) is 9.53 Å². The lowest BCUT2D eigenvalue weighted by molar-refractivity contribution is -0.120. The SMILES string of the molecule is COC1CNC(C(=O)N(C)c2ccccc2C(=O)O)C1. The monoisotopic (exact) mass is 278 g/mol. The highest BCUT2D eigenvalue weighted by atomic mass is 16.5. The van der Waals surface area contributed by atoms with Crippen LogP contribution in [-0.4, -0.2) is 49.8 Å². The zero-order valence-electron chi connectivity index (χ0n) is 11.5. The fraction of sp³-hybridized carbons (Fsp3) is 0.429. The number of carboxylic acid groups (broad SMARTS) is 1. The summed E-state index contributed by atoms with van der Waals surface area (Å²) in [7, 11) is 3.20. The summed E-state index contributed by atoms with van der Waals surface area (Å²) in [5, 5.41) is 12.3. The van der Waals surface area contributed by atoms with Gasteiger partial charge in [0.1, 0.15) is 0 Å². The van der Waals surface area contributed by atoms with E-state index in [1.165, 1.54) is 11.0 Å². The van der Waals surface area contributed by atoms with Crippen molar-refractivity contribution in [3.8, 4) is 0 Å². The average Bonchev–Trinajstić information content (AvgIpc) is 2.94. The maximum absolute atomic E-state index is 12.4. The van der Waals surface area contributed by atoms with Crippen molar-refractivity contribution in [1.29, 1.82) is 0 Å². The molecule has 0 bridgehead atoms. The summed E-state index contributed by atoms with van der Waals surface area (Å²) >= 11 is 0. The number of rotatable bonds is 4. The summed E-state index contributed by atoms with van der Waals surface area (Å²) in [6, 6.07) is 6.13. The van der Waals surface area contributed by atoms with Gasteiger partial charge in [-0.15, -0.1) is 0 Å². The number of nitrogens with one attached hydrogen (secondary N) is 1. The summed E-state index contributed by atoms with van der Waals surface area (Å²) in [6.45, 7) is 0.626. The number of hydrogen-bond acceptors (Lipinski definition) is 4. The van der Waals surface area contributed by atoms with E-state index in [4.69, 9.17) is 9.84 Å². The van der Waals surface area contributed by atoms with E-state index in [2.05, 4.69) is 5.32 Å². The van der Waals surface area contributed by atoms with E-state index in [0.29, 0.717) is 18.7 Å². The zero-order valence-corrected chi connectivity index (χ0v) is 11.5. The predicted octanol–water partition coefficient (Wildman–Crippen LogP) is 0.724. The van der Waals surface area contributed by atoms with Gasteiger partial charge in [-0.05, 0) is 18.6 Å². The highest BCUT2D eigenvalue weighted by molar-refractivity contribution is 6.03. The summed E-state index contributed by atoms with van der Waals surface area (Å²) in [5.41, 5.74) is 0.511. The normalized spacial score (nSPS) is 21.7. The van der Waals surface area contributed by atoms with Gasteiger partial charge < -0.3 is 20.1 Å². The van der Waals surface area contributed by atoms with Crippen molar-refractivity contribution in [3.63, 3.8) is 0 Å². The predicted molar refractivity (Wildman–Crippen MR) is 74.0 cm³/mol. The average molecular weight is 278 g/mol. The number of benzene rings is 1. The molecule has 1 saturated heterocycles. The summed E-state index contributed by atoms with van der Waals surface area (Å²) < 4.78 is 5.21. The number of amides is 1. The van der Waals surface area contributed by atoms with Gasteiger partial charge in [-0.3, -0.25) is 4.79 Å². The van der Waals surface area contributed by atoms with Gasteiger partial charge in [-0.1, -0.05) is 12.1 Å². The Morgan fingerprint density at radius 1 is 1.40 bits per heavy atom. The molecule has 1 aromatic rings. The molecule has 1 aliphatic heterocycles. The summed E-state index contributed by atoms with van der Waals surface area (Å²) in [4.78, 5) is 25.0. The van der Waals surface area contributed by atoms with Crippen molar-refractivity contribution in [1.82, 2.24) is 5.32 Å². The van der Waals surface area contributed by atoms with Crippen LogP contribution >= 0.6 is 0 Å². The minimum absolute atomic E-state index is 0.0204. The highest BCUT2D eigenvalue weighted by Crippen LogP contribution is 2.21. The van der Waals surface area contributed by atoms with E-state index in [0.717, 1.165) is 0 Å². The van der Waals surface area contributed by atoms with Gasteiger partial charge in [0.15, 0.2) is 0 Å². The minimum atomic E-state index is -1.05. The van der Waals surface area contributed by atoms with E-state index in [-0.39, 0.29) is 23.6 Å². The third-order valence-corrected chi connectivity index (χ3v) is 3.55. The molecule has 6 heteroatoms. The molecule has 2 N–H and O–H groups in total. The standard InChI is InChI=1S/C14H18N2O4/c1-16(12-6-4-3-5-10(12)14(18)19)13(17)11-7-9(20-2)8-15-11/h3-6,9,11,15H,7-8H2,1-2H3,(H,18,19). The number of likely N-dealkylation sites (N-methyl/N-ethyl adjacent to an activating group) is 1. The number of anilines is 1. The van der Waals surface area contributed by atoms with E-state index < -0.39 is 5.97 Å². The fourth-order valence-electron chi connectivity index (χ4n) is 2.37. The third kappa shape index (κ3) is 2.81. The number of aromatic carboxylic acids is 1. The molecule has 2 atom stereocenters. The Morgan fingerprint density at radius 2 is 2.10 bits per heavy atom. The lowest BCUT2D eigenvalue weighted by atomic mass is 10.1. The number of hydrogen-bond donors (Lipinski definition) is 2. The Morgan fingerprint density at radius 3 is 2.70 bits per heavy atom. The Hall–Kier alpha value is -1.92. The number of para-hydroxylation sites is 1. The van der Waals surface area contributed by atoms with Crippen LogP contribution in [0.5, 0.6) is 0 Å². The maximum Gasteiger partial charge on any atom is 0.337 e. The molecule has 1 fully saturated rings. The molecule has 0 radical (unpaired) electrons. The fourth-order valence-corrected chi connectivity index (χ4v) is 2.37. The number of nitrogens with zero attached hydrogens (tertiary/aromatic N) is 1. The molecule has 108 valence electrons. The molecule has 2 rings (SSSR count). The van der Waals surface area contributed by atoms with Crippen molar-refractivity contribution in [2.75, 3.05) is 25.6 Å². The van der Waals surface area contributed by atoms with Gasteiger partial charge in [0, 0.05) is 20.7 Å². The second-order valence-electron chi connectivity index (χ2n) is 4.77. The van der Waals surface area contributed by atoms with Crippen molar-refractivity contribution in [3.05, 3.63) is 29.8 Å². The molecule has 1 aliphatic rings. The lowest BCUT2D eigenvalue weighted by Crippen LogP contribution is -2.42. The largest absolute Gasteiger partial charge is 0.478 e. The van der Waals surface area contributed by atoms with Gasteiger partial charge in [0.05, 0.1) is 23.4 Å². The third-order valence-electron chi connectivity index (χ3n) is 3.55. The molecule has 1 aromatic carbocycles. The highest BCUT2D eigenvalue weighted by Gasteiger charge is 2.32. The lowest BCUT2D eigenvalue weighted by Gasteiger charge is -2.22. The van der Waals surface area contributed by atoms with Crippen molar-refractivity contribution in [2.24, 2.45) is 0 Å². The van der Waals surface area contributed by atoms with Crippen LogP contribution < -0.4 is 10.2 Å². The zero-order chi connectivity index (χ0) is 14.7. The van der Waals surface area contributed by atoms with E-state index in [9.17, 15) is 9.59 Å². The van der Waals surface area contributed by atoms with Gasteiger partial charge in [0.25, 0.3) is 0 Å². The van der Waals surface area contributed by atoms with Crippen molar-refractivity contribution >= 4 is 17.6 Å². The molecule has 2 unspecified atom stereocenters. The number of ether oxygens (including phenoxy) is 1. The van der Waals surface area contributed by atoms with Gasteiger partial charge >= 0.3 is 5.97 Å². The van der Waals surface area contributed by atoms with Crippen molar-refractivity contribution in [2.45, 2.75) is 18.6 Å². The molecule has 0 saturated carbocycles. The number of carboxylic acids is 1. The van der Waals surface area contributed by atoms with Crippen LogP contribution in [0.4, 0.5) is 5.69 Å². The van der Waals surface area contributed by atoms with Crippen LogP contribution in [0.15, 0.2) is 24.3 Å². The second kappa shape index (κ2) is 6.02. The Kier molecular flexibility index (Phi) is 4.36. The molecule has 0 spiro atoms. The summed E-state index contributed by atoms with van der Waals surface area (Å²) in [6.07, 6.45) is 0.613. The van der Waals surface area contributed by atoms with Crippen LogP contribution in [0, 0.1) is 0 Å². The Bertz CT molecular complexity index is 518. The van der Waals surface area contributed by atoms with E-state index in [1.54, 1.807) is 32.4 Å². The number of carbonyl (C=O) groups is 2. The van der Waals surface area contributed by atoms with E-state index in [1.807, 2.05) is 0 Å². The topological polar surface area (TPSA) is 78.9 Å². The molecule has 20 heavy (non-hydrogen) atoms. The van der Waals surface area contributed by atoms with Crippen molar-refractivity contribution < 1.29 is 19.4 Å². The van der Waals surface area contributed by atoms with E-state index >= 15 is 0 Å².